The van der Waals surface area contributed by atoms with E-state index in [9.17, 15) is 9.18 Å². The third kappa shape index (κ3) is 2.88. The molecule has 1 aliphatic heterocycles. The number of nitrogens with two attached hydrogens (primary N) is 1. The number of nitrogens with one attached hydrogen (secondary N) is 1. The van der Waals surface area contributed by atoms with Crippen molar-refractivity contribution in [2.45, 2.75) is 13.0 Å². The van der Waals surface area contributed by atoms with Crippen molar-refractivity contribution in [1.29, 1.82) is 0 Å². The molecule has 7 nitrogen and oxygen atoms in total. The molecule has 142 valence electrons. The fourth-order valence-corrected chi connectivity index (χ4v) is 3.34. The van der Waals surface area contributed by atoms with E-state index in [1.54, 1.807) is 38.3 Å². The topological polar surface area (TPSA) is 95.1 Å². The second kappa shape index (κ2) is 6.80. The summed E-state index contributed by atoms with van der Waals surface area (Å²) in [6.45, 7) is 1.71. The van der Waals surface area contributed by atoms with Gasteiger partial charge in [0.25, 0.3) is 0 Å². The second-order valence-corrected chi connectivity index (χ2v) is 6.39. The van der Waals surface area contributed by atoms with Crippen LogP contribution < -0.4 is 15.8 Å². The molecule has 2 heterocycles. The highest BCUT2D eigenvalue weighted by Gasteiger charge is 2.34. The average molecular weight is 379 g/mol. The van der Waals surface area contributed by atoms with Crippen molar-refractivity contribution in [2.24, 2.45) is 5.73 Å². The van der Waals surface area contributed by atoms with Crippen molar-refractivity contribution in [3.63, 3.8) is 0 Å². The predicted octanol–water partition coefficient (Wildman–Crippen LogP) is 2.87. The van der Waals surface area contributed by atoms with Crippen LogP contribution in [0.25, 0.3) is 11.4 Å². The van der Waals surface area contributed by atoms with Crippen LogP contribution in [0.4, 0.5) is 10.3 Å². The van der Waals surface area contributed by atoms with Gasteiger partial charge in [0.2, 0.25) is 11.9 Å². The minimum absolute atomic E-state index is 0.236. The molecule has 1 aromatic heterocycles. The molecule has 0 fully saturated rings. The Balaban J connectivity index is 1.89. The van der Waals surface area contributed by atoms with E-state index in [1.165, 1.54) is 10.7 Å². The number of primary amides is 1. The van der Waals surface area contributed by atoms with Crippen LogP contribution in [-0.4, -0.2) is 27.8 Å². The Morgan fingerprint density at radius 3 is 2.75 bits per heavy atom. The Bertz CT molecular complexity index is 1110. The number of hydrogen-bond donors (Lipinski definition) is 2. The molecule has 1 amide bonds. The summed E-state index contributed by atoms with van der Waals surface area (Å²) in [6.07, 6.45) is 0. The zero-order valence-corrected chi connectivity index (χ0v) is 15.3. The molecule has 1 atom stereocenters. The molecular formula is C20H18FN5O2. The highest BCUT2D eigenvalue weighted by molar-refractivity contribution is 5.95. The Morgan fingerprint density at radius 1 is 1.25 bits per heavy atom. The quantitative estimate of drug-likeness (QED) is 0.727. The van der Waals surface area contributed by atoms with Gasteiger partial charge in [-0.1, -0.05) is 30.3 Å². The van der Waals surface area contributed by atoms with Gasteiger partial charge < -0.3 is 15.8 Å². The third-order valence-corrected chi connectivity index (χ3v) is 4.65. The third-order valence-electron chi connectivity index (χ3n) is 4.65. The number of amides is 1. The molecule has 0 bridgehead atoms. The monoisotopic (exact) mass is 379 g/mol. The van der Waals surface area contributed by atoms with Gasteiger partial charge in [0.1, 0.15) is 17.6 Å². The van der Waals surface area contributed by atoms with Crippen molar-refractivity contribution >= 4 is 11.9 Å². The number of carbonyl (C=O) groups is 1. The van der Waals surface area contributed by atoms with E-state index in [0.717, 1.165) is 5.56 Å². The number of hydrogen-bond acceptors (Lipinski definition) is 5. The van der Waals surface area contributed by atoms with Gasteiger partial charge in [0, 0.05) is 16.8 Å². The van der Waals surface area contributed by atoms with E-state index >= 15 is 0 Å². The van der Waals surface area contributed by atoms with Gasteiger partial charge in [-0.15, -0.1) is 5.10 Å². The zero-order valence-electron chi connectivity index (χ0n) is 15.3. The summed E-state index contributed by atoms with van der Waals surface area (Å²) in [4.78, 5) is 16.7. The largest absolute Gasteiger partial charge is 0.497 e. The van der Waals surface area contributed by atoms with Gasteiger partial charge in [-0.3, -0.25) is 4.79 Å². The number of ether oxygens (including phenoxy) is 1. The minimum atomic E-state index is -0.818. The van der Waals surface area contributed by atoms with Crippen LogP contribution in [0.1, 0.15) is 18.5 Å². The Morgan fingerprint density at radius 2 is 2.04 bits per heavy atom. The summed E-state index contributed by atoms with van der Waals surface area (Å²) in [5.41, 5.74) is 7.38. The first-order valence-corrected chi connectivity index (χ1v) is 8.62. The van der Waals surface area contributed by atoms with Crippen LogP contribution in [-0.2, 0) is 4.79 Å². The van der Waals surface area contributed by atoms with Crippen LogP contribution in [0.3, 0.4) is 0 Å². The standard InChI is InChI=1S/C20H18FN5O2/c1-11-16(18(22)27)17(14-8-3-4-9-15(14)21)26-20(23-11)24-19(25-26)12-6-5-7-13(10-12)28-2/h3-10,17H,1-2H3,(H2,22,27)(H,23,24,25)/t17-/m0/s1. The van der Waals surface area contributed by atoms with E-state index in [4.69, 9.17) is 10.5 Å². The number of carbonyl (C=O) groups excluding carboxylic acids is 1. The summed E-state index contributed by atoms with van der Waals surface area (Å²) in [7, 11) is 1.58. The Labute approximate surface area is 160 Å². The van der Waals surface area contributed by atoms with Gasteiger partial charge in [-0.05, 0) is 25.1 Å². The van der Waals surface area contributed by atoms with Crippen LogP contribution in [0.5, 0.6) is 5.75 Å². The lowest BCUT2D eigenvalue weighted by Crippen LogP contribution is -2.32. The molecule has 0 saturated heterocycles. The predicted molar refractivity (Wildman–Crippen MR) is 102 cm³/mol. The van der Waals surface area contributed by atoms with Crippen molar-refractivity contribution in [3.05, 3.63) is 71.2 Å². The maximum Gasteiger partial charge on any atom is 0.248 e. The van der Waals surface area contributed by atoms with Crippen LogP contribution >= 0.6 is 0 Å². The molecule has 3 N–H and O–H groups in total. The molecule has 8 heteroatoms. The molecule has 28 heavy (non-hydrogen) atoms. The SMILES string of the molecule is COc1cccc(-c2nc3n(n2)[C@@H](c2ccccc2F)C(C(N)=O)=C(C)N3)c1. The number of anilines is 1. The molecule has 0 saturated carbocycles. The summed E-state index contributed by atoms with van der Waals surface area (Å²) in [6, 6.07) is 12.7. The van der Waals surface area contributed by atoms with Crippen molar-refractivity contribution in [1.82, 2.24) is 14.8 Å². The van der Waals surface area contributed by atoms with Gasteiger partial charge in [0.15, 0.2) is 5.82 Å². The van der Waals surface area contributed by atoms with Crippen molar-refractivity contribution < 1.29 is 13.9 Å². The summed E-state index contributed by atoms with van der Waals surface area (Å²) < 4.78 is 21.3. The lowest BCUT2D eigenvalue weighted by molar-refractivity contribution is -0.115. The fourth-order valence-electron chi connectivity index (χ4n) is 3.34. The van der Waals surface area contributed by atoms with Crippen molar-refractivity contribution in [3.8, 4) is 17.1 Å². The Hall–Kier alpha value is -3.68. The lowest BCUT2D eigenvalue weighted by atomic mass is 9.95. The molecule has 0 unspecified atom stereocenters. The number of rotatable bonds is 4. The Kier molecular flexibility index (Phi) is 4.31. The van der Waals surface area contributed by atoms with Crippen LogP contribution in [0.15, 0.2) is 59.8 Å². The maximum atomic E-state index is 14.6. The second-order valence-electron chi connectivity index (χ2n) is 6.39. The van der Waals surface area contributed by atoms with Gasteiger partial charge in [-0.25, -0.2) is 9.07 Å². The summed E-state index contributed by atoms with van der Waals surface area (Å²) >= 11 is 0. The number of methoxy groups -OCH3 is 1. The number of allylic oxidation sites excluding steroid dienone is 1. The van der Waals surface area contributed by atoms with E-state index in [-0.39, 0.29) is 5.57 Å². The first-order chi connectivity index (χ1) is 13.5. The van der Waals surface area contributed by atoms with Crippen molar-refractivity contribution in [2.75, 3.05) is 12.4 Å². The van der Waals surface area contributed by atoms with Gasteiger partial charge >= 0.3 is 0 Å². The molecule has 3 aromatic rings. The minimum Gasteiger partial charge on any atom is -0.497 e. The highest BCUT2D eigenvalue weighted by atomic mass is 19.1. The van der Waals surface area contributed by atoms with E-state index in [0.29, 0.717) is 28.8 Å². The molecule has 4 rings (SSSR count). The molecule has 0 radical (unpaired) electrons. The van der Waals surface area contributed by atoms with Crippen LogP contribution in [0, 0.1) is 5.82 Å². The summed E-state index contributed by atoms with van der Waals surface area (Å²) in [5.74, 6) is 0.374. The lowest BCUT2D eigenvalue weighted by Gasteiger charge is -2.27. The van der Waals surface area contributed by atoms with E-state index in [2.05, 4.69) is 15.4 Å². The molecule has 0 aliphatic carbocycles. The first kappa shape index (κ1) is 17.7. The number of halogens is 1. The molecule has 2 aromatic carbocycles. The average Bonchev–Trinajstić information content (AvgIpc) is 3.11. The normalized spacial score (nSPS) is 15.8. The number of benzene rings is 2. The zero-order chi connectivity index (χ0) is 19.8. The number of fused-ring (bicyclic) bond motifs is 1. The fraction of sp³-hybridized carbons (Fsp3) is 0.150. The van der Waals surface area contributed by atoms with E-state index < -0.39 is 17.8 Å². The number of nitrogens with zero attached hydrogens (tertiary/aromatic N) is 3. The summed E-state index contributed by atoms with van der Waals surface area (Å²) in [5, 5.41) is 7.59. The van der Waals surface area contributed by atoms with Gasteiger partial charge in [-0.2, -0.15) is 4.98 Å². The van der Waals surface area contributed by atoms with Gasteiger partial charge in [0.05, 0.1) is 12.7 Å². The van der Waals surface area contributed by atoms with Crippen LogP contribution in [0.2, 0.25) is 0 Å². The molecule has 0 spiro atoms. The van der Waals surface area contributed by atoms with E-state index in [1.807, 2.05) is 18.2 Å². The molecular weight excluding hydrogens is 361 g/mol. The molecule has 1 aliphatic rings. The smallest absolute Gasteiger partial charge is 0.248 e. The number of aromatic nitrogens is 3. The maximum absolute atomic E-state index is 14.6. The first-order valence-electron chi connectivity index (χ1n) is 8.62. The highest BCUT2D eigenvalue weighted by Crippen LogP contribution is 2.37.